The molecular formula is C16H21FN4OS. The number of aromatic amines is 1. The van der Waals surface area contributed by atoms with Gasteiger partial charge in [0, 0.05) is 13.1 Å². The van der Waals surface area contributed by atoms with Crippen molar-refractivity contribution in [1.82, 2.24) is 20.2 Å². The van der Waals surface area contributed by atoms with Crippen LogP contribution in [0.2, 0.25) is 0 Å². The number of piperidine rings is 1. The average Bonchev–Trinajstić information content (AvgIpc) is 2.95. The van der Waals surface area contributed by atoms with E-state index in [2.05, 4.69) is 21.5 Å². The predicted octanol–water partition coefficient (Wildman–Crippen LogP) is 2.99. The van der Waals surface area contributed by atoms with E-state index in [4.69, 9.17) is 0 Å². The molecule has 2 amide bonds. The molecule has 0 unspecified atom stereocenters. The first-order valence-electron chi connectivity index (χ1n) is 7.81. The van der Waals surface area contributed by atoms with E-state index in [1.807, 2.05) is 16.7 Å². The van der Waals surface area contributed by atoms with Gasteiger partial charge in [-0.3, -0.25) is 0 Å². The molecule has 5 nitrogen and oxygen atoms in total. The van der Waals surface area contributed by atoms with Crippen molar-refractivity contribution in [2.75, 3.05) is 25.1 Å². The van der Waals surface area contributed by atoms with Crippen LogP contribution in [0.25, 0.3) is 11.0 Å². The number of halogens is 1. The SMILES string of the molecule is CSC[C@H]1CCCN(C(=O)NCc2nc3ccc(F)cc3[nH]2)C1. The Labute approximate surface area is 139 Å². The van der Waals surface area contributed by atoms with Gasteiger partial charge in [-0.25, -0.2) is 14.2 Å². The van der Waals surface area contributed by atoms with Gasteiger partial charge in [0.15, 0.2) is 0 Å². The summed E-state index contributed by atoms with van der Waals surface area (Å²) in [5.74, 6) is 2.01. The molecule has 2 heterocycles. The average molecular weight is 336 g/mol. The lowest BCUT2D eigenvalue weighted by Gasteiger charge is -2.32. The highest BCUT2D eigenvalue weighted by Crippen LogP contribution is 2.19. The van der Waals surface area contributed by atoms with Gasteiger partial charge in [0.05, 0.1) is 17.6 Å². The molecule has 1 aromatic heterocycles. The number of H-pyrrole nitrogens is 1. The minimum atomic E-state index is -0.301. The lowest BCUT2D eigenvalue weighted by atomic mass is 10.0. The Bertz CT molecular complexity index is 688. The third kappa shape index (κ3) is 3.96. The second-order valence-electron chi connectivity index (χ2n) is 5.91. The van der Waals surface area contributed by atoms with Crippen molar-refractivity contribution in [2.24, 2.45) is 5.92 Å². The van der Waals surface area contributed by atoms with E-state index in [-0.39, 0.29) is 11.8 Å². The molecule has 1 aromatic carbocycles. The van der Waals surface area contributed by atoms with E-state index in [1.54, 1.807) is 6.07 Å². The van der Waals surface area contributed by atoms with Crippen molar-refractivity contribution in [3.63, 3.8) is 0 Å². The third-order valence-corrected chi connectivity index (χ3v) is 4.91. The van der Waals surface area contributed by atoms with Crippen LogP contribution >= 0.6 is 11.8 Å². The van der Waals surface area contributed by atoms with E-state index < -0.39 is 0 Å². The zero-order chi connectivity index (χ0) is 16.2. The van der Waals surface area contributed by atoms with Crippen molar-refractivity contribution >= 4 is 28.8 Å². The first-order chi connectivity index (χ1) is 11.2. The van der Waals surface area contributed by atoms with Crippen molar-refractivity contribution in [1.29, 1.82) is 0 Å². The number of carbonyl (C=O) groups excluding carboxylic acids is 1. The van der Waals surface area contributed by atoms with E-state index in [0.29, 0.717) is 29.3 Å². The Morgan fingerprint density at radius 3 is 3.26 bits per heavy atom. The fourth-order valence-corrected chi connectivity index (χ4v) is 3.75. The number of urea groups is 1. The van der Waals surface area contributed by atoms with Gasteiger partial charge in [-0.2, -0.15) is 11.8 Å². The molecule has 23 heavy (non-hydrogen) atoms. The Kier molecular flexibility index (Phi) is 5.05. The number of hydrogen-bond donors (Lipinski definition) is 2. The van der Waals surface area contributed by atoms with Gasteiger partial charge in [0.1, 0.15) is 11.6 Å². The molecule has 124 valence electrons. The smallest absolute Gasteiger partial charge is 0.317 e. The molecule has 0 saturated carbocycles. The van der Waals surface area contributed by atoms with E-state index >= 15 is 0 Å². The van der Waals surface area contributed by atoms with Crippen LogP contribution in [0, 0.1) is 11.7 Å². The summed E-state index contributed by atoms with van der Waals surface area (Å²) in [6.07, 6.45) is 4.35. The molecular weight excluding hydrogens is 315 g/mol. The molecule has 1 fully saturated rings. The number of benzene rings is 1. The molecule has 2 aromatic rings. The third-order valence-electron chi connectivity index (χ3n) is 4.11. The van der Waals surface area contributed by atoms with Gasteiger partial charge in [0.2, 0.25) is 0 Å². The highest BCUT2D eigenvalue weighted by Gasteiger charge is 2.23. The largest absolute Gasteiger partial charge is 0.340 e. The minimum Gasteiger partial charge on any atom is -0.340 e. The molecule has 3 rings (SSSR count). The van der Waals surface area contributed by atoms with Crippen molar-refractivity contribution < 1.29 is 9.18 Å². The fraction of sp³-hybridized carbons (Fsp3) is 0.500. The maximum atomic E-state index is 13.2. The molecule has 2 N–H and O–H groups in total. The van der Waals surface area contributed by atoms with Crippen molar-refractivity contribution in [3.8, 4) is 0 Å². The zero-order valence-electron chi connectivity index (χ0n) is 13.1. The Morgan fingerprint density at radius 2 is 2.43 bits per heavy atom. The lowest BCUT2D eigenvalue weighted by molar-refractivity contribution is 0.170. The fourth-order valence-electron chi connectivity index (χ4n) is 3.01. The number of rotatable bonds is 4. The zero-order valence-corrected chi connectivity index (χ0v) is 14.0. The summed E-state index contributed by atoms with van der Waals surface area (Å²) < 4.78 is 13.2. The maximum absolute atomic E-state index is 13.2. The van der Waals surface area contributed by atoms with Crippen LogP contribution in [0.1, 0.15) is 18.7 Å². The number of aromatic nitrogens is 2. The van der Waals surface area contributed by atoms with Crippen LogP contribution in [0.15, 0.2) is 18.2 Å². The summed E-state index contributed by atoms with van der Waals surface area (Å²) in [6.45, 7) is 1.94. The molecule has 0 aliphatic carbocycles. The summed E-state index contributed by atoms with van der Waals surface area (Å²) in [5.41, 5.74) is 1.35. The summed E-state index contributed by atoms with van der Waals surface area (Å²) >= 11 is 1.83. The highest BCUT2D eigenvalue weighted by atomic mass is 32.2. The molecule has 1 atom stereocenters. The number of hydrogen-bond acceptors (Lipinski definition) is 3. The molecule has 1 saturated heterocycles. The van der Waals surface area contributed by atoms with Crippen LogP contribution in [0.3, 0.4) is 0 Å². The van der Waals surface area contributed by atoms with Crippen LogP contribution in [0.4, 0.5) is 9.18 Å². The number of likely N-dealkylation sites (tertiary alicyclic amines) is 1. The second-order valence-corrected chi connectivity index (χ2v) is 6.82. The van der Waals surface area contributed by atoms with Crippen LogP contribution in [-0.2, 0) is 6.54 Å². The van der Waals surface area contributed by atoms with Gasteiger partial charge >= 0.3 is 6.03 Å². The van der Waals surface area contributed by atoms with E-state index in [1.165, 1.54) is 18.6 Å². The highest BCUT2D eigenvalue weighted by molar-refractivity contribution is 7.98. The van der Waals surface area contributed by atoms with Gasteiger partial charge in [-0.1, -0.05) is 0 Å². The molecule has 7 heteroatoms. The van der Waals surface area contributed by atoms with Gasteiger partial charge in [0.25, 0.3) is 0 Å². The van der Waals surface area contributed by atoms with E-state index in [0.717, 1.165) is 25.3 Å². The Morgan fingerprint density at radius 1 is 1.57 bits per heavy atom. The summed E-state index contributed by atoms with van der Waals surface area (Å²) in [4.78, 5) is 21.6. The number of amides is 2. The van der Waals surface area contributed by atoms with Gasteiger partial charge in [-0.05, 0) is 49.0 Å². The number of nitrogens with one attached hydrogen (secondary N) is 2. The molecule has 0 bridgehead atoms. The van der Waals surface area contributed by atoms with Gasteiger partial charge in [-0.15, -0.1) is 0 Å². The first kappa shape index (κ1) is 16.1. The molecule has 1 aliphatic heterocycles. The van der Waals surface area contributed by atoms with E-state index in [9.17, 15) is 9.18 Å². The molecule has 0 spiro atoms. The predicted molar refractivity (Wildman–Crippen MR) is 91.0 cm³/mol. The van der Waals surface area contributed by atoms with Crippen molar-refractivity contribution in [2.45, 2.75) is 19.4 Å². The maximum Gasteiger partial charge on any atom is 0.317 e. The van der Waals surface area contributed by atoms with Crippen molar-refractivity contribution in [3.05, 3.63) is 29.8 Å². The Balaban J connectivity index is 1.57. The Hall–Kier alpha value is -1.76. The van der Waals surface area contributed by atoms with Crippen LogP contribution in [0.5, 0.6) is 0 Å². The monoisotopic (exact) mass is 336 g/mol. The number of imidazole rings is 1. The standard InChI is InChI=1S/C16H21FN4OS/c1-23-10-11-3-2-6-21(9-11)16(22)18-8-15-19-13-5-4-12(17)7-14(13)20-15/h4-5,7,11H,2-3,6,8-10H2,1H3,(H,18,22)(H,19,20)/t11-/m0/s1. The molecule has 0 radical (unpaired) electrons. The first-order valence-corrected chi connectivity index (χ1v) is 9.21. The minimum absolute atomic E-state index is 0.0533. The summed E-state index contributed by atoms with van der Waals surface area (Å²) in [6, 6.07) is 4.36. The summed E-state index contributed by atoms with van der Waals surface area (Å²) in [7, 11) is 0. The number of nitrogens with zero attached hydrogens (tertiary/aromatic N) is 2. The van der Waals surface area contributed by atoms with Crippen LogP contribution < -0.4 is 5.32 Å². The summed E-state index contributed by atoms with van der Waals surface area (Å²) in [5, 5.41) is 2.90. The number of thioether (sulfide) groups is 1. The van der Waals surface area contributed by atoms with Crippen LogP contribution in [-0.4, -0.2) is 46.0 Å². The topological polar surface area (TPSA) is 61.0 Å². The quantitative estimate of drug-likeness (QED) is 0.902. The molecule has 1 aliphatic rings. The second kappa shape index (κ2) is 7.21. The normalized spacial score (nSPS) is 18.3. The lowest BCUT2D eigenvalue weighted by Crippen LogP contribution is -2.45. The number of fused-ring (bicyclic) bond motifs is 1. The number of carbonyl (C=O) groups is 1. The van der Waals surface area contributed by atoms with Gasteiger partial charge < -0.3 is 15.2 Å².